The SMILES string of the molecule is NS(=O)(=O)c1cccc(S(=O)(=O)Oc2ccccc2F)c1. The molecule has 112 valence electrons. The third-order valence-electron chi connectivity index (χ3n) is 2.46. The van der Waals surface area contributed by atoms with Gasteiger partial charge in [0.15, 0.2) is 11.6 Å². The van der Waals surface area contributed by atoms with Crippen LogP contribution in [0.15, 0.2) is 58.3 Å². The molecule has 0 aromatic heterocycles. The van der Waals surface area contributed by atoms with E-state index in [9.17, 15) is 21.2 Å². The van der Waals surface area contributed by atoms with Crippen LogP contribution in [0.1, 0.15) is 0 Å². The zero-order valence-corrected chi connectivity index (χ0v) is 12.1. The molecule has 2 N–H and O–H groups in total. The lowest BCUT2D eigenvalue weighted by molar-refractivity contribution is 0.461. The van der Waals surface area contributed by atoms with Gasteiger partial charge in [-0.1, -0.05) is 18.2 Å². The van der Waals surface area contributed by atoms with Crippen LogP contribution in [0.4, 0.5) is 4.39 Å². The van der Waals surface area contributed by atoms with Crippen LogP contribution in [-0.2, 0) is 20.1 Å². The van der Waals surface area contributed by atoms with Crippen molar-refractivity contribution in [2.75, 3.05) is 0 Å². The second kappa shape index (κ2) is 5.43. The molecule has 0 aliphatic rings. The van der Waals surface area contributed by atoms with E-state index in [1.54, 1.807) is 0 Å². The lowest BCUT2D eigenvalue weighted by Gasteiger charge is -2.08. The summed E-state index contributed by atoms with van der Waals surface area (Å²) in [7, 11) is -8.44. The number of primary sulfonamides is 1. The molecule has 0 radical (unpaired) electrons. The van der Waals surface area contributed by atoms with Gasteiger partial charge in [-0.2, -0.15) is 8.42 Å². The minimum atomic E-state index is -4.38. The highest BCUT2D eigenvalue weighted by atomic mass is 32.2. The first-order valence-corrected chi connectivity index (χ1v) is 8.47. The van der Waals surface area contributed by atoms with Crippen molar-refractivity contribution in [2.45, 2.75) is 9.79 Å². The molecule has 0 saturated heterocycles. The Morgan fingerprint density at radius 1 is 0.905 bits per heavy atom. The van der Waals surface area contributed by atoms with E-state index < -0.39 is 36.6 Å². The molecule has 21 heavy (non-hydrogen) atoms. The second-order valence-electron chi connectivity index (χ2n) is 3.99. The molecule has 0 amide bonds. The first-order valence-electron chi connectivity index (χ1n) is 5.52. The highest BCUT2D eigenvalue weighted by molar-refractivity contribution is 7.89. The molecule has 2 aromatic rings. The minimum absolute atomic E-state index is 0.388. The molecule has 2 aromatic carbocycles. The molecular formula is C12H10FNO5S2. The number of benzene rings is 2. The summed E-state index contributed by atoms with van der Waals surface area (Å²) in [5.41, 5.74) is 0. The summed E-state index contributed by atoms with van der Waals surface area (Å²) in [6, 6.07) is 9.22. The lowest BCUT2D eigenvalue weighted by atomic mass is 10.3. The molecule has 0 fully saturated rings. The van der Waals surface area contributed by atoms with Gasteiger partial charge in [-0.05, 0) is 30.3 Å². The summed E-state index contributed by atoms with van der Waals surface area (Å²) in [4.78, 5) is -0.835. The van der Waals surface area contributed by atoms with Crippen molar-refractivity contribution in [2.24, 2.45) is 5.14 Å². The Kier molecular flexibility index (Phi) is 3.99. The molecule has 0 saturated carbocycles. The van der Waals surface area contributed by atoms with Crippen LogP contribution in [0, 0.1) is 5.82 Å². The number of hydrogen-bond acceptors (Lipinski definition) is 5. The highest BCUT2D eigenvalue weighted by Gasteiger charge is 2.20. The monoisotopic (exact) mass is 331 g/mol. The van der Waals surface area contributed by atoms with Gasteiger partial charge in [0.1, 0.15) is 4.90 Å². The third-order valence-corrected chi connectivity index (χ3v) is 4.60. The number of halogens is 1. The van der Waals surface area contributed by atoms with E-state index in [4.69, 9.17) is 5.14 Å². The highest BCUT2D eigenvalue weighted by Crippen LogP contribution is 2.22. The first kappa shape index (κ1) is 15.4. The summed E-state index contributed by atoms with van der Waals surface area (Å²) < 4.78 is 64.5. The van der Waals surface area contributed by atoms with Crippen LogP contribution in [0.5, 0.6) is 5.75 Å². The largest absolute Gasteiger partial charge is 0.376 e. The maximum absolute atomic E-state index is 13.4. The zero-order valence-electron chi connectivity index (χ0n) is 10.4. The second-order valence-corrected chi connectivity index (χ2v) is 7.10. The van der Waals surface area contributed by atoms with E-state index in [0.717, 1.165) is 30.3 Å². The van der Waals surface area contributed by atoms with Gasteiger partial charge in [-0.15, -0.1) is 0 Å². The predicted octanol–water partition coefficient (Wildman–Crippen LogP) is 1.24. The van der Waals surface area contributed by atoms with Crippen LogP contribution in [0.3, 0.4) is 0 Å². The number of nitrogens with two attached hydrogens (primary N) is 1. The zero-order chi connectivity index (χ0) is 15.7. The molecule has 0 aliphatic carbocycles. The number of rotatable bonds is 4. The van der Waals surface area contributed by atoms with Gasteiger partial charge in [0, 0.05) is 0 Å². The summed E-state index contributed by atoms with van der Waals surface area (Å²) >= 11 is 0. The Bertz CT molecular complexity index is 878. The molecule has 2 rings (SSSR count). The molecule has 0 atom stereocenters. The Morgan fingerprint density at radius 2 is 1.52 bits per heavy atom. The van der Waals surface area contributed by atoms with Crippen LogP contribution in [-0.4, -0.2) is 16.8 Å². The fourth-order valence-corrected chi connectivity index (χ4v) is 3.10. The Labute approximate surface area is 121 Å². The van der Waals surface area contributed by atoms with E-state index in [1.807, 2.05) is 0 Å². The molecule has 0 aliphatic heterocycles. The van der Waals surface area contributed by atoms with E-state index >= 15 is 0 Å². The molecule has 9 heteroatoms. The van der Waals surface area contributed by atoms with Gasteiger partial charge in [0.2, 0.25) is 10.0 Å². The molecule has 0 unspecified atom stereocenters. The summed E-state index contributed by atoms with van der Waals surface area (Å²) in [6.45, 7) is 0. The summed E-state index contributed by atoms with van der Waals surface area (Å²) in [6.07, 6.45) is 0. The third kappa shape index (κ3) is 3.57. The van der Waals surface area contributed by atoms with Gasteiger partial charge in [0.25, 0.3) is 0 Å². The van der Waals surface area contributed by atoms with Crippen LogP contribution < -0.4 is 9.32 Å². The van der Waals surface area contributed by atoms with Gasteiger partial charge in [-0.3, -0.25) is 0 Å². The van der Waals surface area contributed by atoms with Crippen molar-refractivity contribution in [3.8, 4) is 5.75 Å². The summed E-state index contributed by atoms with van der Waals surface area (Å²) in [5.74, 6) is -1.35. The van der Waals surface area contributed by atoms with Crippen molar-refractivity contribution in [1.29, 1.82) is 0 Å². The van der Waals surface area contributed by atoms with Gasteiger partial charge in [-0.25, -0.2) is 17.9 Å². The summed E-state index contributed by atoms with van der Waals surface area (Å²) in [5, 5.41) is 4.92. The van der Waals surface area contributed by atoms with Crippen molar-refractivity contribution < 1.29 is 25.4 Å². The Morgan fingerprint density at radius 3 is 2.14 bits per heavy atom. The topological polar surface area (TPSA) is 104 Å². The number of hydrogen-bond donors (Lipinski definition) is 1. The molecule has 0 bridgehead atoms. The Balaban J connectivity index is 2.44. The quantitative estimate of drug-likeness (QED) is 0.849. The number of sulfonamides is 1. The standard InChI is InChI=1S/C12H10FNO5S2/c13-11-6-1-2-7-12(11)19-21(17,18)10-5-3-4-9(8-10)20(14,15)16/h1-8H,(H2,14,15,16). The fraction of sp³-hybridized carbons (Fsp3) is 0. The molecule has 0 spiro atoms. The van der Waals surface area contributed by atoms with Crippen LogP contribution in [0.25, 0.3) is 0 Å². The maximum Gasteiger partial charge on any atom is 0.339 e. The molecular weight excluding hydrogens is 321 g/mol. The normalized spacial score (nSPS) is 12.1. The Hall–Kier alpha value is -1.97. The van der Waals surface area contributed by atoms with Gasteiger partial charge >= 0.3 is 10.1 Å². The fourth-order valence-electron chi connectivity index (χ4n) is 1.49. The smallest absolute Gasteiger partial charge is 0.339 e. The van der Waals surface area contributed by atoms with Crippen LogP contribution in [0.2, 0.25) is 0 Å². The maximum atomic E-state index is 13.4. The van der Waals surface area contributed by atoms with E-state index in [-0.39, 0.29) is 4.90 Å². The van der Waals surface area contributed by atoms with Crippen molar-refractivity contribution in [3.63, 3.8) is 0 Å². The van der Waals surface area contributed by atoms with Crippen LogP contribution >= 0.6 is 0 Å². The lowest BCUT2D eigenvalue weighted by Crippen LogP contribution is -2.15. The first-order chi connectivity index (χ1) is 9.70. The van der Waals surface area contributed by atoms with E-state index in [1.165, 1.54) is 18.2 Å². The van der Waals surface area contributed by atoms with Gasteiger partial charge < -0.3 is 4.18 Å². The average Bonchev–Trinajstić information content (AvgIpc) is 2.40. The predicted molar refractivity (Wildman–Crippen MR) is 72.0 cm³/mol. The van der Waals surface area contributed by atoms with E-state index in [2.05, 4.69) is 4.18 Å². The molecule has 6 nitrogen and oxygen atoms in total. The minimum Gasteiger partial charge on any atom is -0.376 e. The average molecular weight is 331 g/mol. The van der Waals surface area contributed by atoms with Crippen molar-refractivity contribution in [3.05, 3.63) is 54.3 Å². The van der Waals surface area contributed by atoms with Crippen molar-refractivity contribution in [1.82, 2.24) is 0 Å². The van der Waals surface area contributed by atoms with Gasteiger partial charge in [0.05, 0.1) is 4.90 Å². The number of para-hydroxylation sites is 1. The van der Waals surface area contributed by atoms with Crippen molar-refractivity contribution >= 4 is 20.1 Å². The van der Waals surface area contributed by atoms with E-state index in [0.29, 0.717) is 0 Å². The molecule has 0 heterocycles.